The molecule has 2 rings (SSSR count). The molecule has 18 heavy (non-hydrogen) atoms. The molecule has 0 atom stereocenters. The topological polar surface area (TPSA) is 66.6 Å². The second-order valence-corrected chi connectivity index (χ2v) is 6.13. The van der Waals surface area contributed by atoms with Gasteiger partial charge in [-0.2, -0.15) is 0 Å². The highest BCUT2D eigenvalue weighted by atomic mass is 32.1. The Morgan fingerprint density at radius 1 is 1.22 bits per heavy atom. The summed E-state index contributed by atoms with van der Waals surface area (Å²) in [4.78, 5) is 14.2. The van der Waals surface area contributed by atoms with Crippen LogP contribution in [0.3, 0.4) is 0 Å². The molecule has 4 nitrogen and oxygen atoms in total. The second-order valence-electron chi connectivity index (χ2n) is 3.84. The first kappa shape index (κ1) is 13.1. The van der Waals surface area contributed by atoms with Crippen LogP contribution in [0.2, 0.25) is 0 Å². The fraction of sp³-hybridized carbons (Fsp3) is 0.250. The van der Waals surface area contributed by atoms with Gasteiger partial charge >= 0.3 is 6.03 Å². The van der Waals surface area contributed by atoms with Crippen molar-refractivity contribution in [1.29, 1.82) is 0 Å². The molecule has 0 aliphatic heterocycles. The predicted octanol–water partition coefficient (Wildman–Crippen LogP) is 2.86. The van der Waals surface area contributed by atoms with Crippen LogP contribution in [0, 0.1) is 0 Å². The predicted molar refractivity (Wildman–Crippen MR) is 73.0 cm³/mol. The molecule has 0 aliphatic carbocycles. The normalized spacial score (nSPS) is 10.5. The van der Waals surface area contributed by atoms with E-state index in [4.69, 9.17) is 5.73 Å². The SMILES string of the molecule is NC(=O)N(O)Cc1ccc(CCc2cccs2)s1. The van der Waals surface area contributed by atoms with Gasteiger partial charge in [0, 0.05) is 14.6 Å². The van der Waals surface area contributed by atoms with E-state index in [1.54, 1.807) is 22.7 Å². The molecule has 2 amide bonds. The van der Waals surface area contributed by atoms with Gasteiger partial charge in [0.25, 0.3) is 0 Å². The molecule has 0 fully saturated rings. The summed E-state index contributed by atoms with van der Waals surface area (Å²) in [7, 11) is 0. The number of nitrogens with zero attached hydrogens (tertiary/aromatic N) is 1. The van der Waals surface area contributed by atoms with Crippen LogP contribution < -0.4 is 5.73 Å². The molecule has 0 aromatic carbocycles. The number of primary amides is 1. The highest BCUT2D eigenvalue weighted by molar-refractivity contribution is 7.12. The molecular weight excluding hydrogens is 268 g/mol. The lowest BCUT2D eigenvalue weighted by molar-refractivity contribution is -0.0462. The van der Waals surface area contributed by atoms with E-state index >= 15 is 0 Å². The minimum atomic E-state index is -0.830. The maximum absolute atomic E-state index is 10.7. The molecule has 0 aliphatic rings. The Balaban J connectivity index is 1.88. The van der Waals surface area contributed by atoms with E-state index in [1.165, 1.54) is 9.75 Å². The monoisotopic (exact) mass is 282 g/mol. The van der Waals surface area contributed by atoms with Crippen LogP contribution in [0.15, 0.2) is 29.6 Å². The van der Waals surface area contributed by atoms with Gasteiger partial charge in [-0.05, 0) is 36.4 Å². The van der Waals surface area contributed by atoms with Crippen LogP contribution in [0.1, 0.15) is 14.6 Å². The Morgan fingerprint density at radius 3 is 2.61 bits per heavy atom. The average Bonchev–Trinajstić information content (AvgIpc) is 2.96. The third kappa shape index (κ3) is 3.56. The fourth-order valence-electron chi connectivity index (χ4n) is 1.57. The summed E-state index contributed by atoms with van der Waals surface area (Å²) in [6.45, 7) is 0.152. The van der Waals surface area contributed by atoms with Crippen molar-refractivity contribution in [2.24, 2.45) is 5.73 Å². The van der Waals surface area contributed by atoms with E-state index in [0.29, 0.717) is 5.06 Å². The van der Waals surface area contributed by atoms with Crippen molar-refractivity contribution in [3.05, 3.63) is 44.3 Å². The van der Waals surface area contributed by atoms with Crippen LogP contribution in [0.5, 0.6) is 0 Å². The Morgan fingerprint density at radius 2 is 1.94 bits per heavy atom. The van der Waals surface area contributed by atoms with Gasteiger partial charge in [-0.15, -0.1) is 22.7 Å². The number of hydrogen-bond acceptors (Lipinski definition) is 4. The summed E-state index contributed by atoms with van der Waals surface area (Å²) in [5.74, 6) is 0. The quantitative estimate of drug-likeness (QED) is 0.654. The van der Waals surface area contributed by atoms with Gasteiger partial charge in [0.05, 0.1) is 6.54 Å². The lowest BCUT2D eigenvalue weighted by Crippen LogP contribution is -2.31. The molecule has 2 aromatic rings. The molecule has 0 unspecified atom stereocenters. The van der Waals surface area contributed by atoms with E-state index < -0.39 is 6.03 Å². The number of urea groups is 1. The smallest absolute Gasteiger partial charge is 0.338 e. The molecule has 0 saturated heterocycles. The number of nitrogens with two attached hydrogens (primary N) is 1. The number of aryl methyl sites for hydroxylation is 2. The largest absolute Gasteiger partial charge is 0.350 e. The second kappa shape index (κ2) is 5.99. The molecule has 0 radical (unpaired) electrons. The van der Waals surface area contributed by atoms with E-state index in [9.17, 15) is 10.0 Å². The van der Waals surface area contributed by atoms with Crippen molar-refractivity contribution < 1.29 is 10.0 Å². The van der Waals surface area contributed by atoms with Crippen LogP contribution in [0.4, 0.5) is 4.79 Å². The van der Waals surface area contributed by atoms with Crippen molar-refractivity contribution in [1.82, 2.24) is 5.06 Å². The van der Waals surface area contributed by atoms with E-state index in [-0.39, 0.29) is 6.54 Å². The highest BCUT2D eigenvalue weighted by Gasteiger charge is 2.08. The molecule has 0 spiro atoms. The lowest BCUT2D eigenvalue weighted by Gasteiger charge is -2.09. The molecule has 0 bridgehead atoms. The maximum atomic E-state index is 10.7. The first-order chi connectivity index (χ1) is 8.65. The number of thiophene rings is 2. The Bertz CT molecular complexity index is 508. The zero-order valence-electron chi connectivity index (χ0n) is 9.70. The molecule has 3 N–H and O–H groups in total. The summed E-state index contributed by atoms with van der Waals surface area (Å²) in [5.41, 5.74) is 4.96. The van der Waals surface area contributed by atoms with E-state index in [1.807, 2.05) is 12.1 Å². The van der Waals surface area contributed by atoms with Gasteiger partial charge < -0.3 is 5.73 Å². The van der Waals surface area contributed by atoms with Crippen LogP contribution >= 0.6 is 22.7 Å². The van der Waals surface area contributed by atoms with Gasteiger partial charge in [-0.1, -0.05) is 6.07 Å². The number of hydrogen-bond donors (Lipinski definition) is 2. The van der Waals surface area contributed by atoms with Crippen LogP contribution in [0.25, 0.3) is 0 Å². The van der Waals surface area contributed by atoms with Crippen LogP contribution in [-0.4, -0.2) is 16.3 Å². The van der Waals surface area contributed by atoms with E-state index in [0.717, 1.165) is 17.7 Å². The van der Waals surface area contributed by atoms with Crippen molar-refractivity contribution in [3.8, 4) is 0 Å². The zero-order valence-corrected chi connectivity index (χ0v) is 11.3. The average molecular weight is 282 g/mol. The standard InChI is InChI=1S/C12H14N2O2S2/c13-12(15)14(16)8-11-6-5-10(18-11)4-3-9-2-1-7-17-9/h1-2,5-7,16H,3-4,8H2,(H2,13,15). The Hall–Kier alpha value is -1.37. The van der Waals surface area contributed by atoms with Gasteiger partial charge in [0.1, 0.15) is 0 Å². The van der Waals surface area contributed by atoms with Crippen molar-refractivity contribution in [2.75, 3.05) is 0 Å². The molecule has 6 heteroatoms. The summed E-state index contributed by atoms with van der Waals surface area (Å²) >= 11 is 3.35. The van der Waals surface area contributed by atoms with Crippen molar-refractivity contribution in [3.63, 3.8) is 0 Å². The summed E-state index contributed by atoms with van der Waals surface area (Å²) in [5, 5.41) is 11.8. The molecular formula is C12H14N2O2S2. The van der Waals surface area contributed by atoms with Crippen molar-refractivity contribution >= 4 is 28.7 Å². The zero-order chi connectivity index (χ0) is 13.0. The van der Waals surface area contributed by atoms with Gasteiger partial charge in [0.2, 0.25) is 0 Å². The Labute approximate surface area is 113 Å². The number of rotatable bonds is 5. The first-order valence-electron chi connectivity index (χ1n) is 5.51. The van der Waals surface area contributed by atoms with Crippen molar-refractivity contribution in [2.45, 2.75) is 19.4 Å². The Kier molecular flexibility index (Phi) is 4.35. The van der Waals surface area contributed by atoms with Gasteiger partial charge in [0.15, 0.2) is 0 Å². The third-order valence-corrected chi connectivity index (χ3v) is 4.54. The molecule has 96 valence electrons. The summed E-state index contributed by atoms with van der Waals surface area (Å²) in [6.07, 6.45) is 2.00. The van der Waals surface area contributed by atoms with Gasteiger partial charge in [-0.25, -0.2) is 9.86 Å². The third-order valence-electron chi connectivity index (χ3n) is 2.48. The van der Waals surface area contributed by atoms with E-state index in [2.05, 4.69) is 17.5 Å². The van der Waals surface area contributed by atoms with Crippen LogP contribution in [-0.2, 0) is 19.4 Å². The fourth-order valence-corrected chi connectivity index (χ4v) is 3.28. The number of hydroxylamine groups is 2. The summed E-state index contributed by atoms with van der Waals surface area (Å²) < 4.78 is 0. The summed E-state index contributed by atoms with van der Waals surface area (Å²) in [6, 6.07) is 7.30. The molecule has 0 saturated carbocycles. The highest BCUT2D eigenvalue weighted by Crippen LogP contribution is 2.20. The minimum Gasteiger partial charge on any atom is -0.350 e. The maximum Gasteiger partial charge on any atom is 0.338 e. The first-order valence-corrected chi connectivity index (χ1v) is 7.20. The lowest BCUT2D eigenvalue weighted by atomic mass is 10.2. The number of carbonyl (C=O) groups excluding carboxylic acids is 1. The van der Waals surface area contributed by atoms with Gasteiger partial charge in [-0.3, -0.25) is 5.21 Å². The number of carbonyl (C=O) groups is 1. The minimum absolute atomic E-state index is 0.152. The molecule has 2 aromatic heterocycles. The number of amides is 2. The molecule has 2 heterocycles.